The zero-order valence-electron chi connectivity index (χ0n) is 14.4. The summed E-state index contributed by atoms with van der Waals surface area (Å²) in [5, 5.41) is 11.4. The Morgan fingerprint density at radius 2 is 1.96 bits per heavy atom. The van der Waals surface area contributed by atoms with E-state index in [1.165, 1.54) is 10.7 Å². The third-order valence-electron chi connectivity index (χ3n) is 3.97. The van der Waals surface area contributed by atoms with Crippen LogP contribution >= 0.6 is 23.2 Å². The maximum atomic E-state index is 12.6. The molecule has 0 aliphatic carbocycles. The Morgan fingerprint density at radius 3 is 2.75 bits per heavy atom. The van der Waals surface area contributed by atoms with Gasteiger partial charge in [0.2, 0.25) is 0 Å². The molecule has 3 heterocycles. The lowest BCUT2D eigenvalue weighted by Gasteiger charge is -2.08. The van der Waals surface area contributed by atoms with Crippen LogP contribution in [-0.2, 0) is 6.54 Å². The van der Waals surface area contributed by atoms with Gasteiger partial charge >= 0.3 is 0 Å². The predicted octanol–water partition coefficient (Wildman–Crippen LogP) is 4.30. The molecule has 0 fully saturated rings. The van der Waals surface area contributed by atoms with Crippen molar-refractivity contribution in [2.24, 2.45) is 0 Å². The van der Waals surface area contributed by atoms with Crippen LogP contribution in [0.5, 0.6) is 0 Å². The summed E-state index contributed by atoms with van der Waals surface area (Å²) in [6.45, 7) is 0.501. The van der Waals surface area contributed by atoms with E-state index in [0.717, 1.165) is 5.56 Å². The highest BCUT2D eigenvalue weighted by molar-refractivity contribution is 6.42. The minimum Gasteiger partial charge on any atom is -0.365 e. The van der Waals surface area contributed by atoms with Gasteiger partial charge in [0.05, 0.1) is 28.1 Å². The molecule has 4 aromatic rings. The smallest absolute Gasteiger partial charge is 0.276 e. The first kappa shape index (κ1) is 18.2. The number of carbonyl (C=O) groups excluding carboxylic acids is 1. The number of imidazole rings is 1. The van der Waals surface area contributed by atoms with Crippen molar-refractivity contribution >= 4 is 46.3 Å². The SMILES string of the molecule is O=C(Nc1cccnc1)c1cnc2ccc(NCc3ccc(Cl)c(Cl)c3)nn12. The highest BCUT2D eigenvalue weighted by Crippen LogP contribution is 2.23. The van der Waals surface area contributed by atoms with Crippen LogP contribution in [0.1, 0.15) is 16.1 Å². The van der Waals surface area contributed by atoms with Gasteiger partial charge < -0.3 is 10.6 Å². The maximum Gasteiger partial charge on any atom is 0.276 e. The monoisotopic (exact) mass is 412 g/mol. The molecule has 0 aliphatic rings. The van der Waals surface area contributed by atoms with Gasteiger partial charge in [-0.2, -0.15) is 0 Å². The van der Waals surface area contributed by atoms with Crippen LogP contribution in [0.25, 0.3) is 5.65 Å². The summed E-state index contributed by atoms with van der Waals surface area (Å²) >= 11 is 12.0. The van der Waals surface area contributed by atoms with E-state index in [0.29, 0.717) is 39.4 Å². The van der Waals surface area contributed by atoms with Crippen LogP contribution in [0.2, 0.25) is 10.0 Å². The van der Waals surface area contributed by atoms with Crippen LogP contribution in [0, 0.1) is 0 Å². The molecule has 0 spiro atoms. The molecular formula is C19H14Cl2N6O. The Bertz CT molecular complexity index is 1150. The lowest BCUT2D eigenvalue weighted by molar-refractivity contribution is 0.102. The molecule has 3 aromatic heterocycles. The summed E-state index contributed by atoms with van der Waals surface area (Å²) in [6.07, 6.45) is 4.69. The van der Waals surface area contributed by atoms with Gasteiger partial charge in [0.15, 0.2) is 11.3 Å². The fourth-order valence-electron chi connectivity index (χ4n) is 2.60. The fraction of sp³-hybridized carbons (Fsp3) is 0.0526. The summed E-state index contributed by atoms with van der Waals surface area (Å²) in [5.74, 6) is 0.265. The molecule has 0 atom stereocenters. The van der Waals surface area contributed by atoms with Gasteiger partial charge in [0.1, 0.15) is 5.82 Å². The number of rotatable bonds is 5. The topological polar surface area (TPSA) is 84.2 Å². The molecule has 0 saturated heterocycles. The molecule has 1 aromatic carbocycles. The van der Waals surface area contributed by atoms with Crippen molar-refractivity contribution in [1.82, 2.24) is 19.6 Å². The normalized spacial score (nSPS) is 10.8. The molecule has 0 aliphatic heterocycles. The number of nitrogens with zero attached hydrogens (tertiary/aromatic N) is 4. The Kier molecular flexibility index (Phi) is 5.10. The zero-order chi connectivity index (χ0) is 19.5. The molecule has 140 valence electrons. The number of fused-ring (bicyclic) bond motifs is 1. The molecule has 0 unspecified atom stereocenters. The second-order valence-electron chi connectivity index (χ2n) is 5.93. The number of hydrogen-bond acceptors (Lipinski definition) is 5. The number of halogens is 2. The van der Waals surface area contributed by atoms with Crippen molar-refractivity contribution in [2.45, 2.75) is 6.54 Å². The predicted molar refractivity (Wildman–Crippen MR) is 109 cm³/mol. The van der Waals surface area contributed by atoms with Crippen molar-refractivity contribution in [2.75, 3.05) is 10.6 Å². The second-order valence-corrected chi connectivity index (χ2v) is 6.74. The molecule has 7 nitrogen and oxygen atoms in total. The highest BCUT2D eigenvalue weighted by atomic mass is 35.5. The number of nitrogens with one attached hydrogen (secondary N) is 2. The van der Waals surface area contributed by atoms with E-state index >= 15 is 0 Å². The second kappa shape index (κ2) is 7.84. The van der Waals surface area contributed by atoms with E-state index in [1.807, 2.05) is 6.07 Å². The van der Waals surface area contributed by atoms with Gasteiger partial charge in [-0.05, 0) is 42.0 Å². The maximum absolute atomic E-state index is 12.6. The average Bonchev–Trinajstić information content (AvgIpc) is 3.13. The van der Waals surface area contributed by atoms with Gasteiger partial charge in [0.25, 0.3) is 5.91 Å². The molecule has 0 radical (unpaired) electrons. The Hall–Kier alpha value is -3.16. The van der Waals surface area contributed by atoms with Gasteiger partial charge in [0, 0.05) is 12.7 Å². The number of amides is 1. The Labute approximate surface area is 170 Å². The summed E-state index contributed by atoms with van der Waals surface area (Å²) in [4.78, 5) is 20.8. The number of aromatic nitrogens is 4. The lowest BCUT2D eigenvalue weighted by Crippen LogP contribution is -2.16. The lowest BCUT2D eigenvalue weighted by atomic mass is 10.2. The quantitative estimate of drug-likeness (QED) is 0.510. The van der Waals surface area contributed by atoms with E-state index in [-0.39, 0.29) is 5.91 Å². The largest absolute Gasteiger partial charge is 0.365 e. The van der Waals surface area contributed by atoms with Crippen LogP contribution in [-0.4, -0.2) is 25.5 Å². The van der Waals surface area contributed by atoms with Crippen LogP contribution < -0.4 is 10.6 Å². The Morgan fingerprint density at radius 1 is 1.07 bits per heavy atom. The van der Waals surface area contributed by atoms with E-state index < -0.39 is 0 Å². The van der Waals surface area contributed by atoms with E-state index in [2.05, 4.69) is 25.7 Å². The van der Waals surface area contributed by atoms with Gasteiger partial charge in [-0.25, -0.2) is 9.50 Å². The fourth-order valence-corrected chi connectivity index (χ4v) is 2.92. The van der Waals surface area contributed by atoms with Gasteiger partial charge in [-0.15, -0.1) is 5.10 Å². The zero-order valence-corrected chi connectivity index (χ0v) is 15.9. The molecule has 28 heavy (non-hydrogen) atoms. The Balaban J connectivity index is 1.54. The summed E-state index contributed by atoms with van der Waals surface area (Å²) in [7, 11) is 0. The summed E-state index contributed by atoms with van der Waals surface area (Å²) in [6, 6.07) is 12.5. The molecular weight excluding hydrogens is 399 g/mol. The number of hydrogen-bond donors (Lipinski definition) is 2. The number of pyridine rings is 1. The first-order valence-corrected chi connectivity index (χ1v) is 9.10. The van der Waals surface area contributed by atoms with Crippen LogP contribution in [0.4, 0.5) is 11.5 Å². The highest BCUT2D eigenvalue weighted by Gasteiger charge is 2.14. The van der Waals surface area contributed by atoms with Crippen molar-refractivity contribution in [1.29, 1.82) is 0 Å². The first-order chi connectivity index (χ1) is 13.6. The minimum atomic E-state index is -0.324. The van der Waals surface area contributed by atoms with E-state index in [1.54, 1.807) is 48.8 Å². The number of benzene rings is 1. The molecule has 9 heteroatoms. The first-order valence-electron chi connectivity index (χ1n) is 8.34. The molecule has 0 saturated carbocycles. The molecule has 2 N–H and O–H groups in total. The van der Waals surface area contributed by atoms with E-state index in [9.17, 15) is 4.79 Å². The average molecular weight is 413 g/mol. The summed E-state index contributed by atoms with van der Waals surface area (Å²) < 4.78 is 1.49. The standard InChI is InChI=1S/C19H14Cl2N6O/c20-14-4-3-12(8-15(14)21)9-23-17-5-6-18-24-11-16(27(18)26-17)19(28)25-13-2-1-7-22-10-13/h1-8,10-11H,9H2,(H,23,26)(H,25,28). The molecule has 4 rings (SSSR count). The summed E-state index contributed by atoms with van der Waals surface area (Å²) in [5.41, 5.74) is 2.43. The third kappa shape index (κ3) is 3.90. The van der Waals surface area contributed by atoms with Crippen molar-refractivity contribution < 1.29 is 4.79 Å². The minimum absolute atomic E-state index is 0.317. The third-order valence-corrected chi connectivity index (χ3v) is 4.71. The van der Waals surface area contributed by atoms with Crippen molar-refractivity contribution in [3.05, 3.63) is 82.4 Å². The number of anilines is 2. The van der Waals surface area contributed by atoms with Crippen LogP contribution in [0.3, 0.4) is 0 Å². The van der Waals surface area contributed by atoms with E-state index in [4.69, 9.17) is 23.2 Å². The van der Waals surface area contributed by atoms with Gasteiger partial charge in [-0.1, -0.05) is 29.3 Å². The van der Waals surface area contributed by atoms with Crippen molar-refractivity contribution in [3.63, 3.8) is 0 Å². The molecule has 1 amide bonds. The van der Waals surface area contributed by atoms with Crippen molar-refractivity contribution in [3.8, 4) is 0 Å². The van der Waals surface area contributed by atoms with Gasteiger partial charge in [-0.3, -0.25) is 9.78 Å². The molecule has 0 bridgehead atoms. The van der Waals surface area contributed by atoms with Crippen LogP contribution in [0.15, 0.2) is 61.1 Å². The number of carbonyl (C=O) groups is 1.